The lowest BCUT2D eigenvalue weighted by Crippen LogP contribution is -2.35. The number of nitrogens with one attached hydrogen (secondary N) is 2. The average Bonchev–Trinajstić information content (AvgIpc) is 2.77. The second-order valence-electron chi connectivity index (χ2n) is 3.72. The summed E-state index contributed by atoms with van der Waals surface area (Å²) < 4.78 is 1.60. The Bertz CT molecular complexity index is 703. The Kier molecular flexibility index (Phi) is 4.18. The number of halogens is 1. The number of rotatable bonds is 4. The number of hydrogen-bond donors (Lipinski definition) is 2. The van der Waals surface area contributed by atoms with Crippen molar-refractivity contribution < 1.29 is 4.79 Å². The molecule has 2 aromatic rings. The lowest BCUT2D eigenvalue weighted by molar-refractivity contribution is -0.122. The number of H-pyrrole nitrogens is 1. The number of hydrogen-bond acceptors (Lipinski definition) is 4. The Labute approximate surface area is 116 Å². The van der Waals surface area contributed by atoms with Gasteiger partial charge < -0.3 is 5.32 Å². The van der Waals surface area contributed by atoms with Crippen molar-refractivity contribution in [3.8, 4) is 0 Å². The third-order valence-electron chi connectivity index (χ3n) is 2.28. The molecule has 0 saturated carbocycles. The summed E-state index contributed by atoms with van der Waals surface area (Å²) in [5, 5.41) is 4.92. The van der Waals surface area contributed by atoms with E-state index in [2.05, 4.69) is 10.4 Å². The smallest absolute Gasteiger partial charge is 0.265 e. The predicted molar refractivity (Wildman–Crippen MR) is 72.5 cm³/mol. The van der Waals surface area contributed by atoms with Gasteiger partial charge in [-0.2, -0.15) is 0 Å². The number of aromatic amines is 1. The molecule has 2 N–H and O–H groups in total. The van der Waals surface area contributed by atoms with Crippen LogP contribution < -0.4 is 16.4 Å². The Balaban J connectivity index is 1.96. The molecule has 2 rings (SSSR count). The van der Waals surface area contributed by atoms with Crippen molar-refractivity contribution >= 4 is 28.8 Å². The standard InChI is InChI=1S/C11H10ClN3O3S/c12-8-2-1-7(19-8)5-13-10(17)6-15-11(18)4-3-9(16)14-15/h1-4H,5-6H2,(H,13,17)(H,14,16). The number of amides is 1. The quantitative estimate of drug-likeness (QED) is 0.865. The van der Waals surface area contributed by atoms with Crippen LogP contribution in [0.3, 0.4) is 0 Å². The van der Waals surface area contributed by atoms with Crippen LogP contribution in [0.5, 0.6) is 0 Å². The van der Waals surface area contributed by atoms with Gasteiger partial charge in [0.2, 0.25) is 5.91 Å². The third-order valence-corrected chi connectivity index (χ3v) is 3.51. The van der Waals surface area contributed by atoms with E-state index in [1.807, 2.05) is 6.07 Å². The van der Waals surface area contributed by atoms with Crippen molar-refractivity contribution in [1.82, 2.24) is 15.1 Å². The maximum Gasteiger partial charge on any atom is 0.265 e. The summed E-state index contributed by atoms with van der Waals surface area (Å²) in [6, 6.07) is 5.78. The summed E-state index contributed by atoms with van der Waals surface area (Å²) in [7, 11) is 0. The normalized spacial score (nSPS) is 10.4. The van der Waals surface area contributed by atoms with Gasteiger partial charge in [0, 0.05) is 17.0 Å². The maximum atomic E-state index is 11.6. The zero-order valence-corrected chi connectivity index (χ0v) is 11.3. The fourth-order valence-electron chi connectivity index (χ4n) is 1.41. The molecule has 2 aromatic heterocycles. The van der Waals surface area contributed by atoms with Crippen LogP contribution in [0.2, 0.25) is 4.34 Å². The van der Waals surface area contributed by atoms with Crippen molar-refractivity contribution in [3.63, 3.8) is 0 Å². The van der Waals surface area contributed by atoms with Gasteiger partial charge in [-0.1, -0.05) is 11.6 Å². The van der Waals surface area contributed by atoms with Crippen LogP contribution in [0.25, 0.3) is 0 Å². The van der Waals surface area contributed by atoms with Crippen LogP contribution in [0.4, 0.5) is 0 Å². The Morgan fingerprint density at radius 1 is 1.32 bits per heavy atom. The van der Waals surface area contributed by atoms with Crippen molar-refractivity contribution in [3.05, 3.63) is 54.2 Å². The molecule has 8 heteroatoms. The molecule has 100 valence electrons. The molecule has 0 saturated heterocycles. The largest absolute Gasteiger partial charge is 0.350 e. The number of carbonyl (C=O) groups is 1. The number of thiophene rings is 1. The molecule has 6 nitrogen and oxygen atoms in total. The highest BCUT2D eigenvalue weighted by Gasteiger charge is 2.06. The molecule has 0 atom stereocenters. The van der Waals surface area contributed by atoms with Gasteiger partial charge in [-0.15, -0.1) is 11.3 Å². The first-order valence-corrected chi connectivity index (χ1v) is 6.55. The summed E-state index contributed by atoms with van der Waals surface area (Å²) in [4.78, 5) is 35.0. The zero-order valence-electron chi connectivity index (χ0n) is 9.68. The molecule has 1 amide bonds. The highest BCUT2D eigenvalue weighted by Crippen LogP contribution is 2.20. The van der Waals surface area contributed by atoms with E-state index in [9.17, 15) is 14.4 Å². The summed E-state index contributed by atoms with van der Waals surface area (Å²) in [6.45, 7) is 0.107. The van der Waals surface area contributed by atoms with E-state index in [1.54, 1.807) is 6.07 Å². The molecule has 0 aliphatic carbocycles. The van der Waals surface area contributed by atoms with Crippen LogP contribution in [-0.4, -0.2) is 15.7 Å². The second kappa shape index (κ2) is 5.85. The van der Waals surface area contributed by atoms with Gasteiger partial charge in [-0.25, -0.2) is 4.68 Å². The fraction of sp³-hybridized carbons (Fsp3) is 0.182. The van der Waals surface area contributed by atoms with Crippen molar-refractivity contribution in [1.29, 1.82) is 0 Å². The summed E-state index contributed by atoms with van der Waals surface area (Å²) in [5.74, 6) is -0.367. The highest BCUT2D eigenvalue weighted by atomic mass is 35.5. The third kappa shape index (κ3) is 3.80. The molecule has 0 aromatic carbocycles. The number of nitrogens with zero attached hydrogens (tertiary/aromatic N) is 1. The van der Waals surface area contributed by atoms with Crippen molar-refractivity contribution in [2.75, 3.05) is 0 Å². The van der Waals surface area contributed by atoms with Crippen LogP contribution in [0.1, 0.15) is 4.88 Å². The van der Waals surface area contributed by atoms with Crippen LogP contribution >= 0.6 is 22.9 Å². The minimum absolute atomic E-state index is 0.228. The predicted octanol–water partition coefficient (Wildman–Crippen LogP) is 0.568. The van der Waals surface area contributed by atoms with Gasteiger partial charge in [0.1, 0.15) is 6.54 Å². The van der Waals surface area contributed by atoms with E-state index in [-0.39, 0.29) is 12.5 Å². The van der Waals surface area contributed by atoms with E-state index in [0.717, 1.165) is 21.7 Å². The summed E-state index contributed by atoms with van der Waals surface area (Å²) >= 11 is 7.13. The van der Waals surface area contributed by atoms with Crippen molar-refractivity contribution in [2.24, 2.45) is 0 Å². The Morgan fingerprint density at radius 3 is 2.79 bits per heavy atom. The first kappa shape index (κ1) is 13.6. The highest BCUT2D eigenvalue weighted by molar-refractivity contribution is 7.16. The van der Waals surface area contributed by atoms with E-state index < -0.39 is 11.1 Å². The molecule has 2 heterocycles. The molecule has 0 unspecified atom stereocenters. The minimum Gasteiger partial charge on any atom is -0.350 e. The monoisotopic (exact) mass is 299 g/mol. The van der Waals surface area contributed by atoms with Gasteiger partial charge >= 0.3 is 0 Å². The van der Waals surface area contributed by atoms with Gasteiger partial charge in [0.25, 0.3) is 11.1 Å². The minimum atomic E-state index is -0.436. The van der Waals surface area contributed by atoms with E-state index in [1.165, 1.54) is 11.3 Å². The van der Waals surface area contributed by atoms with Gasteiger partial charge in [0.05, 0.1) is 10.9 Å². The zero-order chi connectivity index (χ0) is 13.8. The van der Waals surface area contributed by atoms with E-state index >= 15 is 0 Å². The van der Waals surface area contributed by atoms with Crippen molar-refractivity contribution in [2.45, 2.75) is 13.1 Å². The van der Waals surface area contributed by atoms with E-state index in [4.69, 9.17) is 11.6 Å². The molecular formula is C11H10ClN3O3S. The molecule has 0 radical (unpaired) electrons. The Hall–Kier alpha value is -1.86. The summed E-state index contributed by atoms with van der Waals surface area (Å²) in [6.07, 6.45) is 0. The molecule has 0 aliphatic rings. The van der Waals surface area contributed by atoms with Crippen LogP contribution in [-0.2, 0) is 17.9 Å². The molecule has 0 bridgehead atoms. The van der Waals surface area contributed by atoms with Gasteiger partial charge in [0.15, 0.2) is 0 Å². The SMILES string of the molecule is O=C(Cn1[nH]c(=O)ccc1=O)NCc1ccc(Cl)s1. The lowest BCUT2D eigenvalue weighted by atomic mass is 10.4. The van der Waals surface area contributed by atoms with Gasteiger partial charge in [-0.05, 0) is 12.1 Å². The molecule has 0 aliphatic heterocycles. The molecule has 0 spiro atoms. The number of carbonyl (C=O) groups excluding carboxylic acids is 1. The first-order valence-electron chi connectivity index (χ1n) is 5.36. The summed E-state index contributed by atoms with van der Waals surface area (Å²) in [5.41, 5.74) is -0.869. The molecule has 0 fully saturated rings. The second-order valence-corrected chi connectivity index (χ2v) is 5.52. The first-order chi connectivity index (χ1) is 9.04. The molecule has 19 heavy (non-hydrogen) atoms. The topological polar surface area (TPSA) is 84.0 Å². The Morgan fingerprint density at radius 2 is 2.11 bits per heavy atom. The maximum absolute atomic E-state index is 11.6. The molecular weight excluding hydrogens is 290 g/mol. The van der Waals surface area contributed by atoms with Gasteiger partial charge in [-0.3, -0.25) is 19.5 Å². The fourth-order valence-corrected chi connectivity index (χ4v) is 2.44. The average molecular weight is 300 g/mol. The van der Waals surface area contributed by atoms with Crippen LogP contribution in [0.15, 0.2) is 33.9 Å². The number of aromatic nitrogens is 2. The van der Waals surface area contributed by atoms with Crippen LogP contribution in [0, 0.1) is 0 Å². The van der Waals surface area contributed by atoms with E-state index in [0.29, 0.717) is 10.9 Å². The lowest BCUT2D eigenvalue weighted by Gasteiger charge is -2.05.